The lowest BCUT2D eigenvalue weighted by Crippen LogP contribution is -2.25. The van der Waals surface area contributed by atoms with Crippen molar-refractivity contribution >= 4 is 0 Å². The minimum atomic E-state index is -0.123. The highest BCUT2D eigenvalue weighted by molar-refractivity contribution is 5.40. The molecule has 0 radical (unpaired) electrons. The zero-order valence-corrected chi connectivity index (χ0v) is 13.3. The van der Waals surface area contributed by atoms with Gasteiger partial charge in [0.1, 0.15) is 5.82 Å². The van der Waals surface area contributed by atoms with Gasteiger partial charge in [0.05, 0.1) is 6.04 Å². The van der Waals surface area contributed by atoms with Crippen LogP contribution in [0.3, 0.4) is 0 Å². The number of benzene rings is 2. The molecule has 0 saturated carbocycles. The second kappa shape index (κ2) is 6.86. The zero-order valence-electron chi connectivity index (χ0n) is 13.3. The summed E-state index contributed by atoms with van der Waals surface area (Å²) >= 11 is 0. The van der Waals surface area contributed by atoms with E-state index in [1.54, 1.807) is 6.07 Å². The molecule has 0 saturated heterocycles. The fraction of sp³-hybridized carbons (Fsp3) is 0.368. The van der Waals surface area contributed by atoms with Crippen molar-refractivity contribution in [3.63, 3.8) is 0 Å². The van der Waals surface area contributed by atoms with E-state index in [9.17, 15) is 4.39 Å². The summed E-state index contributed by atoms with van der Waals surface area (Å²) in [6, 6.07) is 11.9. The van der Waals surface area contributed by atoms with E-state index in [1.807, 2.05) is 19.9 Å². The molecule has 2 heteroatoms. The van der Waals surface area contributed by atoms with Gasteiger partial charge >= 0.3 is 0 Å². The Hall–Kier alpha value is -1.67. The first-order valence-electron chi connectivity index (χ1n) is 7.59. The van der Waals surface area contributed by atoms with E-state index in [-0.39, 0.29) is 11.9 Å². The van der Waals surface area contributed by atoms with E-state index in [0.717, 1.165) is 35.2 Å². The molecule has 0 aliphatic heterocycles. The summed E-state index contributed by atoms with van der Waals surface area (Å²) in [4.78, 5) is 0. The Balaban J connectivity index is 2.47. The Bertz CT molecular complexity index is 578. The van der Waals surface area contributed by atoms with Crippen molar-refractivity contribution in [2.45, 2.75) is 40.2 Å². The van der Waals surface area contributed by atoms with Crippen LogP contribution in [0.2, 0.25) is 0 Å². The molecule has 2 aromatic rings. The molecule has 1 atom stereocenters. The maximum absolute atomic E-state index is 14.5. The Kier molecular flexibility index (Phi) is 5.13. The Morgan fingerprint density at radius 3 is 2.24 bits per heavy atom. The molecule has 0 aromatic heterocycles. The Morgan fingerprint density at radius 1 is 1.00 bits per heavy atom. The molecule has 112 valence electrons. The van der Waals surface area contributed by atoms with E-state index < -0.39 is 0 Å². The van der Waals surface area contributed by atoms with Crippen molar-refractivity contribution in [2.24, 2.45) is 0 Å². The Labute approximate surface area is 127 Å². The molecule has 0 heterocycles. The van der Waals surface area contributed by atoms with Crippen LogP contribution in [0.4, 0.5) is 4.39 Å². The lowest BCUT2D eigenvalue weighted by Gasteiger charge is -2.22. The van der Waals surface area contributed by atoms with Crippen LogP contribution in [0, 0.1) is 26.6 Å². The molecular formula is C19H24FN. The summed E-state index contributed by atoms with van der Waals surface area (Å²) in [5.41, 5.74) is 5.06. The first kappa shape index (κ1) is 15.7. The number of hydrogen-bond donors (Lipinski definition) is 1. The molecule has 0 aliphatic rings. The topological polar surface area (TPSA) is 12.0 Å². The molecule has 1 N–H and O–H groups in total. The maximum atomic E-state index is 14.5. The fourth-order valence-electron chi connectivity index (χ4n) is 2.73. The molecule has 0 spiro atoms. The van der Waals surface area contributed by atoms with Gasteiger partial charge in [0, 0.05) is 5.56 Å². The van der Waals surface area contributed by atoms with Crippen LogP contribution in [0.5, 0.6) is 0 Å². The van der Waals surface area contributed by atoms with Gasteiger partial charge in [-0.25, -0.2) is 4.39 Å². The average molecular weight is 285 g/mol. The maximum Gasteiger partial charge on any atom is 0.128 e. The summed E-state index contributed by atoms with van der Waals surface area (Å²) in [7, 11) is 0. The smallest absolute Gasteiger partial charge is 0.128 e. The van der Waals surface area contributed by atoms with E-state index in [1.165, 1.54) is 5.56 Å². The molecule has 2 aromatic carbocycles. The monoisotopic (exact) mass is 285 g/mol. The van der Waals surface area contributed by atoms with Crippen molar-refractivity contribution in [3.05, 3.63) is 70.0 Å². The Morgan fingerprint density at radius 2 is 1.67 bits per heavy atom. The number of nitrogens with one attached hydrogen (secondary N) is 1. The summed E-state index contributed by atoms with van der Waals surface area (Å²) in [6.07, 6.45) is 1.02. The van der Waals surface area contributed by atoms with Crippen LogP contribution in [0.25, 0.3) is 0 Å². The molecule has 2 rings (SSSR count). The summed E-state index contributed by atoms with van der Waals surface area (Å²) in [6.45, 7) is 8.97. The van der Waals surface area contributed by atoms with Gasteiger partial charge in [0.25, 0.3) is 0 Å². The minimum Gasteiger partial charge on any atom is -0.306 e. The summed E-state index contributed by atoms with van der Waals surface area (Å²) in [5.74, 6) is -0.123. The highest BCUT2D eigenvalue weighted by Crippen LogP contribution is 2.28. The third kappa shape index (κ3) is 3.70. The summed E-state index contributed by atoms with van der Waals surface area (Å²) < 4.78 is 14.5. The van der Waals surface area contributed by atoms with Gasteiger partial charge in [0.2, 0.25) is 0 Å². The largest absolute Gasteiger partial charge is 0.306 e. The van der Waals surface area contributed by atoms with E-state index in [0.29, 0.717) is 0 Å². The van der Waals surface area contributed by atoms with Crippen molar-refractivity contribution in [2.75, 3.05) is 6.54 Å². The normalized spacial score (nSPS) is 12.4. The van der Waals surface area contributed by atoms with Gasteiger partial charge in [-0.05, 0) is 56.5 Å². The van der Waals surface area contributed by atoms with E-state index in [4.69, 9.17) is 0 Å². The average Bonchev–Trinajstić information content (AvgIpc) is 2.42. The fourth-order valence-corrected chi connectivity index (χ4v) is 2.73. The van der Waals surface area contributed by atoms with Crippen molar-refractivity contribution in [3.8, 4) is 0 Å². The van der Waals surface area contributed by atoms with Crippen molar-refractivity contribution < 1.29 is 4.39 Å². The standard InChI is InChI=1S/C19H24FN/c1-5-10-21-19(16-8-6-13(2)7-9-16)18-15(4)11-14(3)12-17(18)20/h6-9,11-12,19,21H,5,10H2,1-4H3. The predicted octanol–water partition coefficient (Wildman–Crippen LogP) is 4.84. The third-order valence-corrected chi connectivity index (χ3v) is 3.78. The highest BCUT2D eigenvalue weighted by atomic mass is 19.1. The number of rotatable bonds is 5. The highest BCUT2D eigenvalue weighted by Gasteiger charge is 2.19. The van der Waals surface area contributed by atoms with Gasteiger partial charge in [-0.1, -0.05) is 42.8 Å². The molecule has 21 heavy (non-hydrogen) atoms. The molecule has 0 fully saturated rings. The summed E-state index contributed by atoms with van der Waals surface area (Å²) in [5, 5.41) is 3.48. The van der Waals surface area contributed by atoms with Gasteiger partial charge < -0.3 is 5.32 Å². The molecule has 0 aliphatic carbocycles. The van der Waals surface area contributed by atoms with E-state index >= 15 is 0 Å². The predicted molar refractivity (Wildman–Crippen MR) is 87.2 cm³/mol. The first-order valence-corrected chi connectivity index (χ1v) is 7.59. The second-order valence-electron chi connectivity index (χ2n) is 5.78. The number of hydrogen-bond acceptors (Lipinski definition) is 1. The van der Waals surface area contributed by atoms with Gasteiger partial charge in [-0.2, -0.15) is 0 Å². The minimum absolute atomic E-state index is 0.0915. The van der Waals surface area contributed by atoms with Crippen LogP contribution < -0.4 is 5.32 Å². The number of aryl methyl sites for hydroxylation is 3. The third-order valence-electron chi connectivity index (χ3n) is 3.78. The van der Waals surface area contributed by atoms with Crippen LogP contribution in [0.15, 0.2) is 36.4 Å². The second-order valence-corrected chi connectivity index (χ2v) is 5.78. The SMILES string of the molecule is CCCNC(c1ccc(C)cc1)c1c(C)cc(C)cc1F. The van der Waals surface area contributed by atoms with Crippen LogP contribution >= 0.6 is 0 Å². The van der Waals surface area contributed by atoms with Gasteiger partial charge in [-0.15, -0.1) is 0 Å². The van der Waals surface area contributed by atoms with Crippen LogP contribution in [-0.2, 0) is 0 Å². The first-order chi connectivity index (χ1) is 10.0. The zero-order chi connectivity index (χ0) is 15.4. The molecule has 0 amide bonds. The lowest BCUT2D eigenvalue weighted by molar-refractivity contribution is 0.543. The van der Waals surface area contributed by atoms with Crippen LogP contribution in [0.1, 0.15) is 47.2 Å². The molecular weight excluding hydrogens is 261 g/mol. The van der Waals surface area contributed by atoms with Crippen LogP contribution in [-0.4, -0.2) is 6.54 Å². The molecule has 0 bridgehead atoms. The quantitative estimate of drug-likeness (QED) is 0.829. The van der Waals surface area contributed by atoms with Gasteiger partial charge in [-0.3, -0.25) is 0 Å². The lowest BCUT2D eigenvalue weighted by atomic mass is 9.92. The number of halogens is 1. The van der Waals surface area contributed by atoms with Crippen molar-refractivity contribution in [1.82, 2.24) is 5.32 Å². The molecule has 1 unspecified atom stereocenters. The van der Waals surface area contributed by atoms with E-state index in [2.05, 4.69) is 43.4 Å². The molecule has 1 nitrogen and oxygen atoms in total. The van der Waals surface area contributed by atoms with Gasteiger partial charge in [0.15, 0.2) is 0 Å². The van der Waals surface area contributed by atoms with Crippen molar-refractivity contribution in [1.29, 1.82) is 0 Å².